The van der Waals surface area contributed by atoms with Crippen LogP contribution in [-0.2, 0) is 0 Å². The first kappa shape index (κ1) is 12.4. The first-order chi connectivity index (χ1) is 11.4. The molecule has 2 heteroatoms. The summed E-state index contributed by atoms with van der Waals surface area (Å²) in [5, 5.41) is 4.94. The van der Waals surface area contributed by atoms with Crippen molar-refractivity contribution >= 4 is 32.7 Å². The van der Waals surface area contributed by atoms with Gasteiger partial charge in [-0.1, -0.05) is 54.6 Å². The molecular formula is C21H14N2. The number of fused-ring (bicyclic) bond motifs is 5. The SMILES string of the molecule is c1ccc(-n2c3ncccc3c3ccc4ccccc4c32)cc1. The minimum Gasteiger partial charge on any atom is -0.293 e. The monoisotopic (exact) mass is 294 g/mol. The topological polar surface area (TPSA) is 17.8 Å². The molecule has 0 aliphatic heterocycles. The van der Waals surface area contributed by atoms with Crippen LogP contribution < -0.4 is 0 Å². The van der Waals surface area contributed by atoms with Gasteiger partial charge in [0.25, 0.3) is 0 Å². The lowest BCUT2D eigenvalue weighted by Crippen LogP contribution is -1.95. The third kappa shape index (κ3) is 1.72. The van der Waals surface area contributed by atoms with E-state index in [9.17, 15) is 0 Å². The highest BCUT2D eigenvalue weighted by Crippen LogP contribution is 2.35. The molecule has 5 rings (SSSR count). The molecule has 0 radical (unpaired) electrons. The number of hydrogen-bond donors (Lipinski definition) is 0. The smallest absolute Gasteiger partial charge is 0.145 e. The van der Waals surface area contributed by atoms with E-state index in [1.54, 1.807) is 0 Å². The van der Waals surface area contributed by atoms with Gasteiger partial charge in [0.1, 0.15) is 5.65 Å². The third-order valence-electron chi connectivity index (χ3n) is 4.43. The molecule has 0 bridgehead atoms. The highest BCUT2D eigenvalue weighted by molar-refractivity contribution is 6.17. The van der Waals surface area contributed by atoms with Crippen LogP contribution in [0.2, 0.25) is 0 Å². The van der Waals surface area contributed by atoms with Gasteiger partial charge in [0, 0.05) is 28.0 Å². The summed E-state index contributed by atoms with van der Waals surface area (Å²) < 4.78 is 2.27. The van der Waals surface area contributed by atoms with Crippen LogP contribution in [0, 0.1) is 0 Å². The van der Waals surface area contributed by atoms with Crippen molar-refractivity contribution in [3.63, 3.8) is 0 Å². The van der Waals surface area contributed by atoms with Crippen molar-refractivity contribution in [2.75, 3.05) is 0 Å². The molecule has 3 aromatic carbocycles. The summed E-state index contributed by atoms with van der Waals surface area (Å²) in [6.45, 7) is 0. The van der Waals surface area contributed by atoms with Crippen molar-refractivity contribution in [1.82, 2.24) is 9.55 Å². The van der Waals surface area contributed by atoms with Gasteiger partial charge < -0.3 is 0 Å². The predicted molar refractivity (Wildman–Crippen MR) is 96.1 cm³/mol. The number of pyridine rings is 1. The van der Waals surface area contributed by atoms with Crippen LogP contribution in [0.4, 0.5) is 0 Å². The summed E-state index contributed by atoms with van der Waals surface area (Å²) in [7, 11) is 0. The Labute approximate surface area is 133 Å². The molecule has 5 aromatic rings. The maximum absolute atomic E-state index is 4.66. The number of para-hydroxylation sites is 1. The van der Waals surface area contributed by atoms with Gasteiger partial charge in [0.15, 0.2) is 0 Å². The fourth-order valence-corrected chi connectivity index (χ4v) is 3.43. The van der Waals surface area contributed by atoms with Crippen LogP contribution in [0.25, 0.3) is 38.4 Å². The Bertz CT molecular complexity index is 1150. The maximum atomic E-state index is 4.66. The Hall–Kier alpha value is -3.13. The van der Waals surface area contributed by atoms with Crippen molar-refractivity contribution in [1.29, 1.82) is 0 Å². The van der Waals surface area contributed by atoms with E-state index in [2.05, 4.69) is 76.3 Å². The van der Waals surface area contributed by atoms with E-state index in [1.807, 2.05) is 18.3 Å². The van der Waals surface area contributed by atoms with Crippen molar-refractivity contribution in [2.45, 2.75) is 0 Å². The van der Waals surface area contributed by atoms with Gasteiger partial charge in [-0.15, -0.1) is 0 Å². The van der Waals surface area contributed by atoms with Crippen LogP contribution in [0.3, 0.4) is 0 Å². The molecule has 0 unspecified atom stereocenters. The van der Waals surface area contributed by atoms with Gasteiger partial charge in [-0.25, -0.2) is 4.98 Å². The lowest BCUT2D eigenvalue weighted by Gasteiger charge is -2.08. The average Bonchev–Trinajstić information content (AvgIpc) is 2.97. The number of hydrogen-bond acceptors (Lipinski definition) is 1. The van der Waals surface area contributed by atoms with Gasteiger partial charge in [-0.05, 0) is 29.7 Å². The molecule has 0 atom stereocenters. The second-order valence-electron chi connectivity index (χ2n) is 5.73. The third-order valence-corrected chi connectivity index (χ3v) is 4.43. The molecule has 0 aliphatic rings. The fourth-order valence-electron chi connectivity index (χ4n) is 3.43. The molecule has 0 aliphatic carbocycles. The Morgan fingerprint density at radius 2 is 1.39 bits per heavy atom. The summed E-state index contributed by atoms with van der Waals surface area (Å²) in [5.41, 5.74) is 3.37. The lowest BCUT2D eigenvalue weighted by molar-refractivity contribution is 1.14. The largest absolute Gasteiger partial charge is 0.293 e. The average molecular weight is 294 g/mol. The van der Waals surface area contributed by atoms with Gasteiger partial charge >= 0.3 is 0 Å². The van der Waals surface area contributed by atoms with E-state index in [0.717, 1.165) is 11.3 Å². The first-order valence-electron chi connectivity index (χ1n) is 7.76. The second-order valence-corrected chi connectivity index (χ2v) is 5.73. The molecule has 0 saturated carbocycles. The highest BCUT2D eigenvalue weighted by Gasteiger charge is 2.14. The molecule has 0 fully saturated rings. The van der Waals surface area contributed by atoms with Crippen molar-refractivity contribution in [3.05, 3.63) is 85.1 Å². The molecular weight excluding hydrogens is 280 g/mol. The van der Waals surface area contributed by atoms with Crippen molar-refractivity contribution in [3.8, 4) is 5.69 Å². The molecule has 23 heavy (non-hydrogen) atoms. The summed E-state index contributed by atoms with van der Waals surface area (Å²) in [5.74, 6) is 0. The maximum Gasteiger partial charge on any atom is 0.145 e. The zero-order chi connectivity index (χ0) is 15.2. The van der Waals surface area contributed by atoms with Crippen LogP contribution in [0.5, 0.6) is 0 Å². The van der Waals surface area contributed by atoms with Gasteiger partial charge in [0.05, 0.1) is 5.52 Å². The summed E-state index contributed by atoms with van der Waals surface area (Å²) in [6, 6.07) is 27.6. The Kier molecular flexibility index (Phi) is 2.53. The normalized spacial score (nSPS) is 11.5. The van der Waals surface area contributed by atoms with Crippen LogP contribution in [-0.4, -0.2) is 9.55 Å². The minimum atomic E-state index is 1.00. The lowest BCUT2D eigenvalue weighted by atomic mass is 10.1. The highest BCUT2D eigenvalue weighted by atomic mass is 15.0. The summed E-state index contributed by atoms with van der Waals surface area (Å²) >= 11 is 0. The predicted octanol–water partition coefficient (Wildman–Crippen LogP) is 5.33. The van der Waals surface area contributed by atoms with Crippen molar-refractivity contribution < 1.29 is 0 Å². The Morgan fingerprint density at radius 1 is 0.609 bits per heavy atom. The van der Waals surface area contributed by atoms with Gasteiger partial charge in [-0.3, -0.25) is 4.57 Å². The molecule has 2 aromatic heterocycles. The summed E-state index contributed by atoms with van der Waals surface area (Å²) in [6.07, 6.45) is 1.86. The first-order valence-corrected chi connectivity index (χ1v) is 7.76. The summed E-state index contributed by atoms with van der Waals surface area (Å²) in [4.78, 5) is 4.66. The molecule has 2 heterocycles. The van der Waals surface area contributed by atoms with E-state index in [1.165, 1.54) is 27.1 Å². The van der Waals surface area contributed by atoms with E-state index in [-0.39, 0.29) is 0 Å². The molecule has 0 saturated heterocycles. The standard InChI is InChI=1S/C21H14N2/c1-2-8-16(9-3-1)23-20-17-10-5-4-7-15(17)12-13-18(20)19-11-6-14-22-21(19)23/h1-14H. The fraction of sp³-hybridized carbons (Fsp3) is 0. The van der Waals surface area contributed by atoms with Gasteiger partial charge in [-0.2, -0.15) is 0 Å². The zero-order valence-corrected chi connectivity index (χ0v) is 12.5. The van der Waals surface area contributed by atoms with Crippen LogP contribution in [0.1, 0.15) is 0 Å². The Morgan fingerprint density at radius 3 is 2.30 bits per heavy atom. The van der Waals surface area contributed by atoms with Gasteiger partial charge in [0.2, 0.25) is 0 Å². The Balaban J connectivity index is 2.10. The molecule has 0 amide bonds. The molecule has 0 spiro atoms. The molecule has 0 N–H and O–H groups in total. The van der Waals surface area contributed by atoms with E-state index in [4.69, 9.17) is 0 Å². The van der Waals surface area contributed by atoms with Crippen LogP contribution in [0.15, 0.2) is 85.1 Å². The molecule has 2 nitrogen and oxygen atoms in total. The number of aromatic nitrogens is 2. The zero-order valence-electron chi connectivity index (χ0n) is 12.5. The van der Waals surface area contributed by atoms with E-state index in [0.29, 0.717) is 0 Å². The van der Waals surface area contributed by atoms with Crippen LogP contribution >= 0.6 is 0 Å². The number of benzene rings is 3. The number of rotatable bonds is 1. The minimum absolute atomic E-state index is 1.00. The van der Waals surface area contributed by atoms with Crippen molar-refractivity contribution in [2.24, 2.45) is 0 Å². The second kappa shape index (κ2) is 4.68. The van der Waals surface area contributed by atoms with E-state index >= 15 is 0 Å². The molecule has 108 valence electrons. The van der Waals surface area contributed by atoms with E-state index < -0.39 is 0 Å². The quantitative estimate of drug-likeness (QED) is 0.408. The number of nitrogens with zero attached hydrogens (tertiary/aromatic N) is 2.